The van der Waals surface area contributed by atoms with E-state index in [4.69, 9.17) is 4.74 Å². The first-order chi connectivity index (χ1) is 8.69. The summed E-state index contributed by atoms with van der Waals surface area (Å²) in [5.41, 5.74) is 1.61. The fourth-order valence-corrected chi connectivity index (χ4v) is 3.30. The van der Waals surface area contributed by atoms with Crippen LogP contribution in [0.25, 0.3) is 0 Å². The molecule has 2 nitrogen and oxygen atoms in total. The SMILES string of the molecule is CC(OC(=O)C1CC2(CCC2)C1)c1ccccc1. The average molecular weight is 244 g/mol. The molecule has 1 aromatic carbocycles. The average Bonchev–Trinajstić information content (AvgIpc) is 2.26. The van der Waals surface area contributed by atoms with Gasteiger partial charge in [0.25, 0.3) is 0 Å². The summed E-state index contributed by atoms with van der Waals surface area (Å²) >= 11 is 0. The maximum absolute atomic E-state index is 12.0. The quantitative estimate of drug-likeness (QED) is 0.754. The monoisotopic (exact) mass is 244 g/mol. The van der Waals surface area contributed by atoms with Crippen LogP contribution in [0.1, 0.15) is 50.7 Å². The molecule has 0 radical (unpaired) electrons. The topological polar surface area (TPSA) is 26.3 Å². The van der Waals surface area contributed by atoms with Crippen LogP contribution < -0.4 is 0 Å². The first kappa shape index (κ1) is 11.8. The maximum Gasteiger partial charge on any atom is 0.309 e. The number of carbonyl (C=O) groups excluding carboxylic acids is 1. The summed E-state index contributed by atoms with van der Waals surface area (Å²) in [6.45, 7) is 1.95. The Bertz CT molecular complexity index is 426. The van der Waals surface area contributed by atoms with Crippen LogP contribution in [-0.2, 0) is 9.53 Å². The highest BCUT2D eigenvalue weighted by Gasteiger charge is 2.51. The van der Waals surface area contributed by atoms with Gasteiger partial charge < -0.3 is 4.74 Å². The van der Waals surface area contributed by atoms with Gasteiger partial charge in [-0.25, -0.2) is 0 Å². The summed E-state index contributed by atoms with van der Waals surface area (Å²) in [4.78, 5) is 12.0. The van der Waals surface area contributed by atoms with Crippen molar-refractivity contribution in [2.75, 3.05) is 0 Å². The van der Waals surface area contributed by atoms with Gasteiger partial charge in [0.05, 0.1) is 5.92 Å². The molecule has 18 heavy (non-hydrogen) atoms. The molecule has 2 heteroatoms. The van der Waals surface area contributed by atoms with E-state index in [0.717, 1.165) is 18.4 Å². The molecule has 0 aliphatic heterocycles. The fraction of sp³-hybridized carbons (Fsp3) is 0.562. The molecule has 1 spiro atoms. The third-order valence-electron chi connectivity index (χ3n) is 4.67. The van der Waals surface area contributed by atoms with Gasteiger partial charge in [0.1, 0.15) is 6.10 Å². The normalized spacial score (nSPS) is 22.9. The van der Waals surface area contributed by atoms with Gasteiger partial charge in [0.2, 0.25) is 0 Å². The molecule has 0 aromatic heterocycles. The van der Waals surface area contributed by atoms with Gasteiger partial charge >= 0.3 is 5.97 Å². The minimum atomic E-state index is -0.128. The zero-order chi connectivity index (χ0) is 12.6. The van der Waals surface area contributed by atoms with Crippen molar-refractivity contribution in [2.24, 2.45) is 11.3 Å². The summed E-state index contributed by atoms with van der Waals surface area (Å²) in [5, 5.41) is 0. The van der Waals surface area contributed by atoms with Crippen LogP contribution in [0.2, 0.25) is 0 Å². The lowest BCUT2D eigenvalue weighted by atomic mass is 9.52. The second kappa shape index (κ2) is 4.42. The Labute approximate surface area is 108 Å². The van der Waals surface area contributed by atoms with Crippen molar-refractivity contribution in [1.29, 1.82) is 0 Å². The van der Waals surface area contributed by atoms with Crippen molar-refractivity contribution >= 4 is 5.97 Å². The summed E-state index contributed by atoms with van der Waals surface area (Å²) in [6.07, 6.45) is 6.00. The van der Waals surface area contributed by atoms with Crippen molar-refractivity contribution in [3.05, 3.63) is 35.9 Å². The Morgan fingerprint density at radius 1 is 1.28 bits per heavy atom. The van der Waals surface area contributed by atoms with Gasteiger partial charge in [0, 0.05) is 0 Å². The smallest absolute Gasteiger partial charge is 0.309 e. The Kier molecular flexibility index (Phi) is 2.89. The molecule has 0 saturated heterocycles. The second-order valence-electron chi connectivity index (χ2n) is 5.95. The number of ether oxygens (including phenoxy) is 1. The molecule has 96 valence electrons. The highest BCUT2D eigenvalue weighted by Crippen LogP contribution is 2.59. The largest absolute Gasteiger partial charge is 0.458 e. The molecule has 0 heterocycles. The second-order valence-corrected chi connectivity index (χ2v) is 5.95. The Morgan fingerprint density at radius 2 is 1.94 bits per heavy atom. The van der Waals surface area contributed by atoms with Gasteiger partial charge in [-0.3, -0.25) is 4.79 Å². The molecular formula is C16H20O2. The van der Waals surface area contributed by atoms with Crippen LogP contribution in [0.3, 0.4) is 0 Å². The number of esters is 1. The molecule has 0 amide bonds. The first-order valence-corrected chi connectivity index (χ1v) is 6.94. The Balaban J connectivity index is 1.52. The van der Waals surface area contributed by atoms with Crippen LogP contribution in [0, 0.1) is 11.3 Å². The zero-order valence-corrected chi connectivity index (χ0v) is 10.9. The minimum Gasteiger partial charge on any atom is -0.458 e. The van der Waals surface area contributed by atoms with Gasteiger partial charge in [-0.1, -0.05) is 36.8 Å². The van der Waals surface area contributed by atoms with Gasteiger partial charge in [0.15, 0.2) is 0 Å². The molecule has 2 fully saturated rings. The number of benzene rings is 1. The van der Waals surface area contributed by atoms with E-state index in [9.17, 15) is 4.79 Å². The Hall–Kier alpha value is -1.31. The lowest BCUT2D eigenvalue weighted by Gasteiger charge is -2.53. The molecule has 0 bridgehead atoms. The van der Waals surface area contributed by atoms with E-state index < -0.39 is 0 Å². The molecule has 2 aliphatic rings. The van der Waals surface area contributed by atoms with Crippen LogP contribution in [0.4, 0.5) is 0 Å². The highest BCUT2D eigenvalue weighted by molar-refractivity contribution is 5.74. The lowest BCUT2D eigenvalue weighted by Crippen LogP contribution is -2.46. The van der Waals surface area contributed by atoms with Gasteiger partial charge in [-0.2, -0.15) is 0 Å². The van der Waals surface area contributed by atoms with E-state index in [0.29, 0.717) is 5.41 Å². The number of hydrogen-bond acceptors (Lipinski definition) is 2. The van der Waals surface area contributed by atoms with Crippen LogP contribution >= 0.6 is 0 Å². The summed E-state index contributed by atoms with van der Waals surface area (Å²) in [7, 11) is 0. The van der Waals surface area contributed by atoms with E-state index in [-0.39, 0.29) is 18.0 Å². The predicted octanol–water partition coefficient (Wildman–Crippen LogP) is 3.87. The molecule has 3 rings (SSSR count). The molecule has 2 saturated carbocycles. The maximum atomic E-state index is 12.0. The highest BCUT2D eigenvalue weighted by atomic mass is 16.5. The minimum absolute atomic E-state index is 0.00359. The Morgan fingerprint density at radius 3 is 2.50 bits per heavy atom. The van der Waals surface area contributed by atoms with Crippen molar-refractivity contribution in [1.82, 2.24) is 0 Å². The fourth-order valence-electron chi connectivity index (χ4n) is 3.30. The first-order valence-electron chi connectivity index (χ1n) is 6.94. The molecule has 1 unspecified atom stereocenters. The van der Waals surface area contributed by atoms with Crippen molar-refractivity contribution in [3.63, 3.8) is 0 Å². The standard InChI is InChI=1S/C16H20O2/c1-12(13-6-3-2-4-7-13)18-15(17)14-10-16(11-14)8-5-9-16/h2-4,6-7,12,14H,5,8-11H2,1H3. The van der Waals surface area contributed by atoms with E-state index in [1.54, 1.807) is 0 Å². The van der Waals surface area contributed by atoms with E-state index in [2.05, 4.69) is 0 Å². The van der Waals surface area contributed by atoms with Crippen molar-refractivity contribution in [3.8, 4) is 0 Å². The van der Waals surface area contributed by atoms with E-state index >= 15 is 0 Å². The lowest BCUT2D eigenvalue weighted by molar-refractivity contribution is -0.166. The van der Waals surface area contributed by atoms with Crippen molar-refractivity contribution in [2.45, 2.75) is 45.1 Å². The summed E-state index contributed by atoms with van der Waals surface area (Å²) < 4.78 is 5.56. The van der Waals surface area contributed by atoms with Crippen LogP contribution in [0.15, 0.2) is 30.3 Å². The third-order valence-corrected chi connectivity index (χ3v) is 4.67. The van der Waals surface area contributed by atoms with Gasteiger partial charge in [-0.15, -0.1) is 0 Å². The van der Waals surface area contributed by atoms with Crippen LogP contribution in [0.5, 0.6) is 0 Å². The molecular weight excluding hydrogens is 224 g/mol. The molecule has 2 aliphatic carbocycles. The number of hydrogen-bond donors (Lipinski definition) is 0. The number of rotatable bonds is 3. The predicted molar refractivity (Wildman–Crippen MR) is 70.0 cm³/mol. The van der Waals surface area contributed by atoms with Crippen molar-refractivity contribution < 1.29 is 9.53 Å². The number of carbonyl (C=O) groups is 1. The molecule has 1 aromatic rings. The van der Waals surface area contributed by atoms with Gasteiger partial charge in [-0.05, 0) is 43.6 Å². The molecule has 1 atom stereocenters. The summed E-state index contributed by atoms with van der Waals surface area (Å²) in [5.74, 6) is 0.167. The summed E-state index contributed by atoms with van der Waals surface area (Å²) in [6, 6.07) is 9.95. The van der Waals surface area contributed by atoms with E-state index in [1.165, 1.54) is 19.3 Å². The van der Waals surface area contributed by atoms with E-state index in [1.807, 2.05) is 37.3 Å². The third kappa shape index (κ3) is 2.05. The molecule has 0 N–H and O–H groups in total. The van der Waals surface area contributed by atoms with Crippen LogP contribution in [-0.4, -0.2) is 5.97 Å². The zero-order valence-electron chi connectivity index (χ0n) is 10.9.